The Balaban J connectivity index is 1.32. The average Bonchev–Trinajstić information content (AvgIpc) is 3.35. The number of benzene rings is 2. The summed E-state index contributed by atoms with van der Waals surface area (Å²) in [6, 6.07) is 15.7. The molecule has 0 aliphatic carbocycles. The number of aryl methyl sites for hydroxylation is 1. The topological polar surface area (TPSA) is 93.0 Å². The van der Waals surface area contributed by atoms with Crippen molar-refractivity contribution in [2.45, 2.75) is 38.3 Å². The third-order valence-electron chi connectivity index (χ3n) is 7.03. The first-order chi connectivity index (χ1) is 18.5. The molecule has 2 aromatic heterocycles. The second-order valence-electron chi connectivity index (χ2n) is 9.72. The Labute approximate surface area is 219 Å². The molecule has 1 unspecified atom stereocenters. The van der Waals surface area contributed by atoms with Crippen molar-refractivity contribution in [3.63, 3.8) is 0 Å². The minimum Gasteiger partial charge on any atom is -0.382 e. The normalized spacial score (nSPS) is 18.8. The zero-order valence-corrected chi connectivity index (χ0v) is 21.1. The lowest BCUT2D eigenvalue weighted by Crippen LogP contribution is -2.40. The molecule has 38 heavy (non-hydrogen) atoms. The second kappa shape index (κ2) is 10.6. The molecule has 0 bridgehead atoms. The minimum atomic E-state index is -2.79. The van der Waals surface area contributed by atoms with Crippen molar-refractivity contribution in [3.05, 3.63) is 65.7 Å². The number of nitrogens with zero attached hydrogens (tertiary/aromatic N) is 6. The quantitative estimate of drug-likeness (QED) is 0.391. The van der Waals surface area contributed by atoms with Crippen molar-refractivity contribution in [3.8, 4) is 5.95 Å². The number of hydrogen-bond donors (Lipinski definition) is 2. The maximum Gasteiger partial charge on any atom is 0.296 e. The number of ether oxygens (including phenoxy) is 1. The summed E-state index contributed by atoms with van der Waals surface area (Å²) in [5.41, 5.74) is 3.32. The third kappa shape index (κ3) is 5.03. The first kappa shape index (κ1) is 24.6. The van der Waals surface area contributed by atoms with E-state index in [2.05, 4.69) is 56.7 Å². The number of imidazole rings is 1. The molecular formula is C27H30F2N8O. The van der Waals surface area contributed by atoms with E-state index < -0.39 is 18.4 Å². The Morgan fingerprint density at radius 3 is 2.47 bits per heavy atom. The van der Waals surface area contributed by atoms with E-state index in [9.17, 15) is 8.78 Å². The molecule has 0 spiro atoms. The van der Waals surface area contributed by atoms with Gasteiger partial charge in [0.25, 0.3) is 6.43 Å². The van der Waals surface area contributed by atoms with Gasteiger partial charge in [0, 0.05) is 37.9 Å². The number of rotatable bonds is 6. The molecule has 2 aliphatic rings. The Morgan fingerprint density at radius 2 is 1.74 bits per heavy atom. The van der Waals surface area contributed by atoms with Gasteiger partial charge in [-0.15, -0.1) is 0 Å². The fourth-order valence-electron chi connectivity index (χ4n) is 5.00. The largest absolute Gasteiger partial charge is 0.382 e. The summed E-state index contributed by atoms with van der Waals surface area (Å²) >= 11 is 0. The molecule has 2 N–H and O–H groups in total. The third-order valence-corrected chi connectivity index (χ3v) is 7.03. The van der Waals surface area contributed by atoms with Gasteiger partial charge in [-0.25, -0.2) is 13.8 Å². The highest BCUT2D eigenvalue weighted by molar-refractivity contribution is 5.77. The Bertz CT molecular complexity index is 1400. The summed E-state index contributed by atoms with van der Waals surface area (Å²) in [5, 5.41) is 6.90. The van der Waals surface area contributed by atoms with Gasteiger partial charge in [0.1, 0.15) is 6.10 Å². The van der Waals surface area contributed by atoms with Crippen LogP contribution in [0.4, 0.5) is 20.4 Å². The van der Waals surface area contributed by atoms with Crippen molar-refractivity contribution in [1.29, 1.82) is 0 Å². The number of halogens is 2. The average molecular weight is 521 g/mol. The van der Waals surface area contributed by atoms with E-state index in [1.807, 2.05) is 0 Å². The van der Waals surface area contributed by atoms with Gasteiger partial charge in [-0.3, -0.25) is 4.57 Å². The van der Waals surface area contributed by atoms with Crippen LogP contribution in [0.15, 0.2) is 48.5 Å². The number of hydrogen-bond acceptors (Lipinski definition) is 8. The lowest BCUT2D eigenvalue weighted by atomic mass is 10.0. The van der Waals surface area contributed by atoms with Crippen molar-refractivity contribution in [2.75, 3.05) is 43.0 Å². The van der Waals surface area contributed by atoms with E-state index in [1.54, 1.807) is 24.3 Å². The smallest absolute Gasteiger partial charge is 0.296 e. The van der Waals surface area contributed by atoms with E-state index in [4.69, 9.17) is 14.7 Å². The number of nitrogens with one attached hydrogen (secondary N) is 2. The minimum absolute atomic E-state index is 0.128. The number of morpholine rings is 1. The van der Waals surface area contributed by atoms with Gasteiger partial charge in [-0.2, -0.15) is 15.0 Å². The second-order valence-corrected chi connectivity index (χ2v) is 9.72. The van der Waals surface area contributed by atoms with Gasteiger partial charge < -0.3 is 20.3 Å². The number of aromatic nitrogens is 5. The molecule has 11 heteroatoms. The molecule has 2 saturated heterocycles. The van der Waals surface area contributed by atoms with Gasteiger partial charge in [0.2, 0.25) is 11.9 Å². The highest BCUT2D eigenvalue weighted by Crippen LogP contribution is 2.29. The summed E-state index contributed by atoms with van der Waals surface area (Å²) in [6.07, 6.45) is -1.40. The summed E-state index contributed by atoms with van der Waals surface area (Å²) in [6.45, 7) is 5.33. The van der Waals surface area contributed by atoms with Crippen LogP contribution in [0.2, 0.25) is 0 Å². The van der Waals surface area contributed by atoms with Crippen LogP contribution in [0.1, 0.15) is 42.6 Å². The van der Waals surface area contributed by atoms with Gasteiger partial charge in [-0.1, -0.05) is 29.8 Å². The SMILES string of the molecule is Cc1ccc(NC2CCN(c3nc(C4CNCCO4)nc(-n4c(C(F)F)nc5ccccc54)n3)CC2)cc1. The Morgan fingerprint density at radius 1 is 0.974 bits per heavy atom. The first-order valence-corrected chi connectivity index (χ1v) is 13.0. The van der Waals surface area contributed by atoms with E-state index in [-0.39, 0.29) is 5.95 Å². The van der Waals surface area contributed by atoms with Gasteiger partial charge in [-0.05, 0) is 44.0 Å². The van der Waals surface area contributed by atoms with E-state index in [0.717, 1.165) is 38.2 Å². The van der Waals surface area contributed by atoms with Crippen LogP contribution in [-0.2, 0) is 4.74 Å². The zero-order chi connectivity index (χ0) is 26.1. The molecule has 0 radical (unpaired) electrons. The van der Waals surface area contributed by atoms with Crippen LogP contribution in [0.3, 0.4) is 0 Å². The molecule has 6 rings (SSSR count). The summed E-state index contributed by atoms with van der Waals surface area (Å²) in [4.78, 5) is 20.4. The highest BCUT2D eigenvalue weighted by atomic mass is 19.3. The fraction of sp³-hybridized carbons (Fsp3) is 0.407. The number of anilines is 2. The summed E-state index contributed by atoms with van der Waals surface area (Å²) < 4.78 is 35.5. The summed E-state index contributed by atoms with van der Waals surface area (Å²) in [7, 11) is 0. The van der Waals surface area contributed by atoms with Crippen molar-refractivity contribution in [2.24, 2.45) is 0 Å². The van der Waals surface area contributed by atoms with Gasteiger partial charge in [0.15, 0.2) is 11.6 Å². The maximum absolute atomic E-state index is 14.1. The summed E-state index contributed by atoms with van der Waals surface area (Å²) in [5.74, 6) is 0.627. The molecule has 0 saturated carbocycles. The molecule has 9 nitrogen and oxygen atoms in total. The maximum atomic E-state index is 14.1. The number of piperidine rings is 1. The lowest BCUT2D eigenvalue weighted by molar-refractivity contribution is 0.0220. The molecule has 4 heterocycles. The molecule has 2 aromatic carbocycles. The number of fused-ring (bicyclic) bond motifs is 1. The van der Waals surface area contributed by atoms with Crippen LogP contribution >= 0.6 is 0 Å². The van der Waals surface area contributed by atoms with Crippen LogP contribution < -0.4 is 15.5 Å². The number of para-hydroxylation sites is 2. The molecule has 0 amide bonds. The van der Waals surface area contributed by atoms with Crippen molar-refractivity contribution >= 4 is 22.7 Å². The molecule has 1 atom stereocenters. The predicted octanol–water partition coefficient (Wildman–Crippen LogP) is 4.20. The van der Waals surface area contributed by atoms with Crippen molar-refractivity contribution in [1.82, 2.24) is 29.8 Å². The van der Waals surface area contributed by atoms with Crippen molar-refractivity contribution < 1.29 is 13.5 Å². The Kier molecular flexibility index (Phi) is 6.86. The number of alkyl halides is 2. The predicted molar refractivity (Wildman–Crippen MR) is 141 cm³/mol. The van der Waals surface area contributed by atoms with Crippen LogP contribution in [0.25, 0.3) is 17.0 Å². The fourth-order valence-corrected chi connectivity index (χ4v) is 5.00. The standard InChI is InChI=1S/C27H30F2N8O/c1-17-6-8-18(9-7-17)31-19-10-13-36(14-11-19)26-33-24(22-16-30-12-15-38-22)34-27(35-26)37-21-5-3-2-4-20(21)32-25(37)23(28)29/h2-9,19,22-23,30-31H,10-16H2,1H3. The molecular weight excluding hydrogens is 490 g/mol. The zero-order valence-electron chi connectivity index (χ0n) is 21.1. The molecule has 2 fully saturated rings. The van der Waals surface area contributed by atoms with Crippen LogP contribution in [0.5, 0.6) is 0 Å². The molecule has 198 valence electrons. The van der Waals surface area contributed by atoms with Gasteiger partial charge in [0.05, 0.1) is 17.6 Å². The Hall–Kier alpha value is -3.70. The van der Waals surface area contributed by atoms with E-state index in [1.165, 1.54) is 10.1 Å². The monoisotopic (exact) mass is 520 g/mol. The lowest BCUT2D eigenvalue weighted by Gasteiger charge is -2.33. The molecule has 2 aliphatic heterocycles. The van der Waals surface area contributed by atoms with Gasteiger partial charge >= 0.3 is 0 Å². The van der Waals surface area contributed by atoms with E-state index in [0.29, 0.717) is 42.0 Å². The van der Waals surface area contributed by atoms with E-state index >= 15 is 0 Å². The molecule has 4 aromatic rings. The first-order valence-electron chi connectivity index (χ1n) is 13.0. The van der Waals surface area contributed by atoms with Crippen LogP contribution in [0, 0.1) is 6.92 Å². The highest BCUT2D eigenvalue weighted by Gasteiger charge is 2.28. The van der Waals surface area contributed by atoms with Crippen LogP contribution in [-0.4, -0.2) is 63.3 Å².